The van der Waals surface area contributed by atoms with Gasteiger partial charge in [0, 0.05) is 31.9 Å². The fourth-order valence-electron chi connectivity index (χ4n) is 3.57. The molecular formula is C25H15BrO2. The van der Waals surface area contributed by atoms with Crippen molar-refractivity contribution in [1.82, 2.24) is 0 Å². The van der Waals surface area contributed by atoms with E-state index in [1.165, 1.54) is 0 Å². The number of hydrogen-bond donors (Lipinski definition) is 0. The highest BCUT2D eigenvalue weighted by molar-refractivity contribution is 9.10. The van der Waals surface area contributed by atoms with Gasteiger partial charge in [0.25, 0.3) is 0 Å². The lowest BCUT2D eigenvalue weighted by Gasteiger charge is -2.06. The molecule has 3 heteroatoms. The van der Waals surface area contributed by atoms with Crippen LogP contribution in [-0.2, 0) is 0 Å². The molecule has 0 aliphatic carbocycles. The number of ketones is 1. The molecule has 0 amide bonds. The maximum Gasteiger partial charge on any atom is 0.193 e. The maximum absolute atomic E-state index is 12.9. The van der Waals surface area contributed by atoms with Crippen LogP contribution in [0, 0.1) is 0 Å². The molecule has 0 aliphatic heterocycles. The average Bonchev–Trinajstić information content (AvgIpc) is 3.13. The van der Waals surface area contributed by atoms with E-state index in [9.17, 15) is 4.79 Å². The fraction of sp³-hybridized carbons (Fsp3) is 0. The maximum atomic E-state index is 12.9. The number of para-hydroxylation sites is 2. The van der Waals surface area contributed by atoms with E-state index in [1.807, 2.05) is 78.9 Å². The molecule has 4 aromatic carbocycles. The van der Waals surface area contributed by atoms with Crippen LogP contribution in [0.25, 0.3) is 33.1 Å². The summed E-state index contributed by atoms with van der Waals surface area (Å²) >= 11 is 3.41. The van der Waals surface area contributed by atoms with Gasteiger partial charge in [-0.1, -0.05) is 70.5 Å². The highest BCUT2D eigenvalue weighted by Gasteiger charge is 2.14. The number of rotatable bonds is 3. The van der Waals surface area contributed by atoms with E-state index in [1.54, 1.807) is 0 Å². The average molecular weight is 427 g/mol. The molecule has 0 N–H and O–H groups in total. The standard InChI is InChI=1S/C25H15BrO2/c26-19-13-11-16(12-14-19)24(27)18-6-3-5-17(15-18)20-8-4-9-22-21-7-1-2-10-23(21)28-25(20)22/h1-15H. The molecule has 0 bridgehead atoms. The number of carbonyl (C=O) groups excluding carboxylic acids is 1. The minimum absolute atomic E-state index is 0.00568. The van der Waals surface area contributed by atoms with Crippen molar-refractivity contribution in [1.29, 1.82) is 0 Å². The second-order valence-corrected chi connectivity index (χ2v) is 7.61. The summed E-state index contributed by atoms with van der Waals surface area (Å²) in [7, 11) is 0. The SMILES string of the molecule is O=C(c1ccc(Br)cc1)c1cccc(-c2cccc3c2oc2ccccc23)c1. The van der Waals surface area contributed by atoms with E-state index in [4.69, 9.17) is 4.42 Å². The minimum atomic E-state index is 0.00568. The molecule has 0 unspecified atom stereocenters. The Hall–Kier alpha value is -3.17. The van der Waals surface area contributed by atoms with Crippen LogP contribution in [0.1, 0.15) is 15.9 Å². The quantitative estimate of drug-likeness (QED) is 0.284. The molecule has 0 spiro atoms. The van der Waals surface area contributed by atoms with Gasteiger partial charge < -0.3 is 4.42 Å². The van der Waals surface area contributed by atoms with Gasteiger partial charge in [-0.15, -0.1) is 0 Å². The molecule has 5 aromatic rings. The van der Waals surface area contributed by atoms with Crippen LogP contribution >= 0.6 is 15.9 Å². The van der Waals surface area contributed by atoms with Crippen LogP contribution < -0.4 is 0 Å². The highest BCUT2D eigenvalue weighted by Crippen LogP contribution is 2.35. The van der Waals surface area contributed by atoms with Crippen molar-refractivity contribution in [3.63, 3.8) is 0 Å². The van der Waals surface area contributed by atoms with Gasteiger partial charge in [0.2, 0.25) is 0 Å². The van der Waals surface area contributed by atoms with Crippen LogP contribution in [0.3, 0.4) is 0 Å². The summed E-state index contributed by atoms with van der Waals surface area (Å²) in [6, 6.07) is 29.3. The molecule has 0 aliphatic rings. The third-order valence-electron chi connectivity index (χ3n) is 4.95. The van der Waals surface area contributed by atoms with Crippen LogP contribution in [0.5, 0.6) is 0 Å². The normalized spacial score (nSPS) is 11.2. The molecular weight excluding hydrogens is 412 g/mol. The summed E-state index contributed by atoms with van der Waals surface area (Å²) < 4.78 is 7.10. The number of halogens is 1. The van der Waals surface area contributed by atoms with Crippen molar-refractivity contribution in [3.05, 3.63) is 107 Å². The van der Waals surface area contributed by atoms with Gasteiger partial charge in [0.1, 0.15) is 11.2 Å². The summed E-state index contributed by atoms with van der Waals surface area (Å²) in [6.07, 6.45) is 0. The Balaban J connectivity index is 1.64. The molecule has 0 radical (unpaired) electrons. The zero-order valence-corrected chi connectivity index (χ0v) is 16.4. The zero-order chi connectivity index (χ0) is 19.1. The van der Waals surface area contributed by atoms with Crippen molar-refractivity contribution in [2.24, 2.45) is 0 Å². The summed E-state index contributed by atoms with van der Waals surface area (Å²) in [6.45, 7) is 0. The number of fused-ring (bicyclic) bond motifs is 3. The molecule has 1 aromatic heterocycles. The molecule has 0 saturated carbocycles. The molecule has 0 atom stereocenters. The second kappa shape index (κ2) is 6.77. The van der Waals surface area contributed by atoms with Gasteiger partial charge in [0.05, 0.1) is 0 Å². The van der Waals surface area contributed by atoms with Crippen molar-refractivity contribution in [2.45, 2.75) is 0 Å². The number of furan rings is 1. The van der Waals surface area contributed by atoms with Crippen molar-refractivity contribution >= 4 is 43.7 Å². The summed E-state index contributed by atoms with van der Waals surface area (Å²) in [4.78, 5) is 12.9. The highest BCUT2D eigenvalue weighted by atomic mass is 79.9. The number of carbonyl (C=O) groups is 1. The Bertz CT molecular complexity index is 1330. The first kappa shape index (κ1) is 17.0. The predicted molar refractivity (Wildman–Crippen MR) is 117 cm³/mol. The smallest absolute Gasteiger partial charge is 0.193 e. The van der Waals surface area contributed by atoms with Crippen LogP contribution in [0.15, 0.2) is 99.9 Å². The van der Waals surface area contributed by atoms with E-state index in [0.717, 1.165) is 37.5 Å². The lowest BCUT2D eigenvalue weighted by atomic mass is 9.97. The minimum Gasteiger partial charge on any atom is -0.455 e. The van der Waals surface area contributed by atoms with E-state index in [2.05, 4.69) is 28.1 Å². The largest absolute Gasteiger partial charge is 0.455 e. The van der Waals surface area contributed by atoms with Gasteiger partial charge in [-0.05, 0) is 42.0 Å². The predicted octanol–water partition coefficient (Wildman–Crippen LogP) is 7.25. The molecule has 5 rings (SSSR count). The van der Waals surface area contributed by atoms with E-state index in [-0.39, 0.29) is 5.78 Å². The van der Waals surface area contributed by atoms with Crippen LogP contribution in [-0.4, -0.2) is 5.78 Å². The Kier molecular flexibility index (Phi) is 4.10. The van der Waals surface area contributed by atoms with Gasteiger partial charge in [-0.2, -0.15) is 0 Å². The third kappa shape index (κ3) is 2.85. The summed E-state index contributed by atoms with van der Waals surface area (Å²) in [5.41, 5.74) is 4.99. The second-order valence-electron chi connectivity index (χ2n) is 6.70. The molecule has 1 heterocycles. The lowest BCUT2D eigenvalue weighted by molar-refractivity contribution is 0.103. The van der Waals surface area contributed by atoms with Gasteiger partial charge in [-0.3, -0.25) is 4.79 Å². The monoisotopic (exact) mass is 426 g/mol. The fourth-order valence-corrected chi connectivity index (χ4v) is 3.83. The van der Waals surface area contributed by atoms with Crippen molar-refractivity contribution < 1.29 is 9.21 Å². The molecule has 134 valence electrons. The Morgan fingerprint density at radius 3 is 2.32 bits per heavy atom. The van der Waals surface area contributed by atoms with Crippen LogP contribution in [0.2, 0.25) is 0 Å². The Labute approximate surface area is 170 Å². The molecule has 0 fully saturated rings. The number of benzene rings is 4. The first-order valence-electron chi connectivity index (χ1n) is 9.02. The summed E-state index contributed by atoms with van der Waals surface area (Å²) in [5, 5.41) is 2.18. The molecule has 0 saturated heterocycles. The van der Waals surface area contributed by atoms with Crippen molar-refractivity contribution in [3.8, 4) is 11.1 Å². The number of hydrogen-bond acceptors (Lipinski definition) is 2. The van der Waals surface area contributed by atoms with Gasteiger partial charge in [-0.25, -0.2) is 0 Å². The Morgan fingerprint density at radius 2 is 1.46 bits per heavy atom. The third-order valence-corrected chi connectivity index (χ3v) is 5.48. The molecule has 2 nitrogen and oxygen atoms in total. The first-order chi connectivity index (χ1) is 13.7. The van der Waals surface area contributed by atoms with E-state index < -0.39 is 0 Å². The first-order valence-corrected chi connectivity index (χ1v) is 9.81. The summed E-state index contributed by atoms with van der Waals surface area (Å²) in [5.74, 6) is 0.00568. The topological polar surface area (TPSA) is 30.2 Å². The lowest BCUT2D eigenvalue weighted by Crippen LogP contribution is -2.01. The van der Waals surface area contributed by atoms with Crippen molar-refractivity contribution in [2.75, 3.05) is 0 Å². The van der Waals surface area contributed by atoms with Gasteiger partial charge >= 0.3 is 0 Å². The Morgan fingerprint density at radius 1 is 0.714 bits per heavy atom. The van der Waals surface area contributed by atoms with Gasteiger partial charge in [0.15, 0.2) is 5.78 Å². The van der Waals surface area contributed by atoms with Crippen LogP contribution in [0.4, 0.5) is 0 Å². The van der Waals surface area contributed by atoms with E-state index in [0.29, 0.717) is 11.1 Å². The van der Waals surface area contributed by atoms with E-state index >= 15 is 0 Å². The zero-order valence-electron chi connectivity index (χ0n) is 14.9. The molecule has 28 heavy (non-hydrogen) atoms.